The van der Waals surface area contributed by atoms with Gasteiger partial charge in [-0.3, -0.25) is 9.59 Å². The number of carbonyl (C=O) groups is 2. The second-order valence-corrected chi connectivity index (χ2v) is 6.54. The number of Topliss-reactive ketones (excluding diaryl/α,β-unsaturated/α-hetero) is 1. The Morgan fingerprint density at radius 2 is 2.00 bits per heavy atom. The van der Waals surface area contributed by atoms with Crippen molar-refractivity contribution in [2.75, 3.05) is 7.11 Å². The lowest BCUT2D eigenvalue weighted by Gasteiger charge is -2.36. The molecule has 1 aliphatic rings. The first-order chi connectivity index (χ1) is 9.93. The number of esters is 1. The molecule has 0 aliphatic heterocycles. The van der Waals surface area contributed by atoms with Gasteiger partial charge >= 0.3 is 5.97 Å². The van der Waals surface area contributed by atoms with Crippen LogP contribution in [0.4, 0.5) is 0 Å². The van der Waals surface area contributed by atoms with Crippen LogP contribution < -0.4 is 0 Å². The van der Waals surface area contributed by atoms with Crippen LogP contribution in [0.15, 0.2) is 24.3 Å². The topological polar surface area (TPSA) is 43.4 Å². The van der Waals surface area contributed by atoms with Gasteiger partial charge in [0, 0.05) is 6.42 Å². The van der Waals surface area contributed by atoms with Crippen molar-refractivity contribution in [1.29, 1.82) is 0 Å². The van der Waals surface area contributed by atoms with Gasteiger partial charge in [-0.2, -0.15) is 0 Å². The molecule has 0 radical (unpaired) electrons. The summed E-state index contributed by atoms with van der Waals surface area (Å²) < 4.78 is 4.77. The Bertz CT molecular complexity index is 510. The van der Waals surface area contributed by atoms with E-state index in [1.54, 1.807) is 0 Å². The molecule has 3 heteroatoms. The fraction of sp³-hybridized carbons (Fsp3) is 0.556. The molecule has 1 aromatic rings. The Hall–Kier alpha value is -1.64. The molecule has 1 aliphatic carbocycles. The van der Waals surface area contributed by atoms with Crippen molar-refractivity contribution in [3.05, 3.63) is 35.4 Å². The van der Waals surface area contributed by atoms with E-state index in [0.717, 1.165) is 19.3 Å². The fourth-order valence-corrected chi connectivity index (χ4v) is 3.09. The standard InChI is InChI=1S/C18H24O3/c1-13-4-6-14(7-5-13)8-10-18(2)11-9-16(19)15(12-18)17(20)21-3/h4-7,15H,8-12H2,1-3H3. The first-order valence-electron chi connectivity index (χ1n) is 7.60. The van der Waals surface area contributed by atoms with Crippen molar-refractivity contribution in [2.45, 2.75) is 46.0 Å². The molecule has 0 N–H and O–H groups in total. The van der Waals surface area contributed by atoms with E-state index in [0.29, 0.717) is 12.8 Å². The number of rotatable bonds is 4. The maximum Gasteiger partial charge on any atom is 0.316 e. The molecule has 0 heterocycles. The lowest BCUT2D eigenvalue weighted by molar-refractivity contribution is -0.152. The average Bonchev–Trinajstić information content (AvgIpc) is 2.49. The van der Waals surface area contributed by atoms with Gasteiger partial charge in [0.1, 0.15) is 11.7 Å². The number of hydrogen-bond donors (Lipinski definition) is 0. The summed E-state index contributed by atoms with van der Waals surface area (Å²) in [4.78, 5) is 23.6. The molecule has 0 bridgehead atoms. The monoisotopic (exact) mass is 288 g/mol. The Balaban J connectivity index is 1.99. The molecule has 1 saturated carbocycles. The second-order valence-electron chi connectivity index (χ2n) is 6.54. The van der Waals surface area contributed by atoms with Crippen LogP contribution in [-0.2, 0) is 20.7 Å². The molecule has 2 atom stereocenters. The summed E-state index contributed by atoms with van der Waals surface area (Å²) in [6.07, 6.45) is 3.95. The third-order valence-electron chi connectivity index (χ3n) is 4.68. The molecule has 0 spiro atoms. The molecule has 2 unspecified atom stereocenters. The van der Waals surface area contributed by atoms with Crippen LogP contribution in [0.1, 0.15) is 43.7 Å². The summed E-state index contributed by atoms with van der Waals surface area (Å²) in [6.45, 7) is 4.27. The van der Waals surface area contributed by atoms with E-state index < -0.39 is 5.92 Å². The SMILES string of the molecule is COC(=O)C1CC(C)(CCc2ccc(C)cc2)CCC1=O. The molecule has 0 saturated heterocycles. The van der Waals surface area contributed by atoms with Crippen LogP contribution in [-0.4, -0.2) is 18.9 Å². The van der Waals surface area contributed by atoms with Crippen LogP contribution in [0, 0.1) is 18.3 Å². The number of aryl methyl sites for hydroxylation is 2. The number of benzene rings is 1. The molecular formula is C18H24O3. The van der Waals surface area contributed by atoms with Gasteiger partial charge < -0.3 is 4.74 Å². The van der Waals surface area contributed by atoms with Gasteiger partial charge in [-0.15, -0.1) is 0 Å². The van der Waals surface area contributed by atoms with Gasteiger partial charge in [0.25, 0.3) is 0 Å². The maximum atomic E-state index is 11.9. The molecule has 114 valence electrons. The zero-order chi connectivity index (χ0) is 15.5. The second kappa shape index (κ2) is 6.42. The van der Waals surface area contributed by atoms with E-state index in [4.69, 9.17) is 4.74 Å². The number of carbonyl (C=O) groups excluding carboxylic acids is 2. The highest BCUT2D eigenvalue weighted by atomic mass is 16.5. The highest BCUT2D eigenvalue weighted by Gasteiger charge is 2.40. The summed E-state index contributed by atoms with van der Waals surface area (Å²) in [5, 5.41) is 0. The molecule has 2 rings (SSSR count). The normalized spacial score (nSPS) is 25.7. The van der Waals surface area contributed by atoms with Crippen molar-refractivity contribution < 1.29 is 14.3 Å². The van der Waals surface area contributed by atoms with E-state index in [9.17, 15) is 9.59 Å². The minimum atomic E-state index is -0.563. The van der Waals surface area contributed by atoms with Crippen LogP contribution in [0.5, 0.6) is 0 Å². The van der Waals surface area contributed by atoms with Gasteiger partial charge in [0.15, 0.2) is 0 Å². The number of ketones is 1. The molecule has 3 nitrogen and oxygen atoms in total. The largest absolute Gasteiger partial charge is 0.468 e. The summed E-state index contributed by atoms with van der Waals surface area (Å²) in [5.74, 6) is -0.900. The summed E-state index contributed by atoms with van der Waals surface area (Å²) in [7, 11) is 1.36. The van der Waals surface area contributed by atoms with E-state index in [2.05, 4.69) is 38.1 Å². The van der Waals surface area contributed by atoms with Crippen LogP contribution in [0.2, 0.25) is 0 Å². The zero-order valence-corrected chi connectivity index (χ0v) is 13.1. The number of ether oxygens (including phenoxy) is 1. The summed E-state index contributed by atoms with van der Waals surface area (Å²) in [5.41, 5.74) is 2.62. The third kappa shape index (κ3) is 3.93. The van der Waals surface area contributed by atoms with Crippen LogP contribution in [0.25, 0.3) is 0 Å². The summed E-state index contributed by atoms with van der Waals surface area (Å²) >= 11 is 0. The van der Waals surface area contributed by atoms with Crippen molar-refractivity contribution in [1.82, 2.24) is 0 Å². The lowest BCUT2D eigenvalue weighted by atomic mass is 9.67. The number of hydrogen-bond acceptors (Lipinski definition) is 3. The Morgan fingerprint density at radius 3 is 2.62 bits per heavy atom. The first-order valence-corrected chi connectivity index (χ1v) is 7.60. The number of methoxy groups -OCH3 is 1. The molecule has 1 fully saturated rings. The van der Waals surface area contributed by atoms with Crippen molar-refractivity contribution >= 4 is 11.8 Å². The third-order valence-corrected chi connectivity index (χ3v) is 4.68. The van der Waals surface area contributed by atoms with Gasteiger partial charge in [-0.05, 0) is 43.6 Å². The molecule has 1 aromatic carbocycles. The van der Waals surface area contributed by atoms with Gasteiger partial charge in [-0.1, -0.05) is 36.8 Å². The summed E-state index contributed by atoms with van der Waals surface area (Å²) in [6, 6.07) is 8.56. The average molecular weight is 288 g/mol. The fourth-order valence-electron chi connectivity index (χ4n) is 3.09. The minimum absolute atomic E-state index is 0.0367. The molecule has 21 heavy (non-hydrogen) atoms. The quantitative estimate of drug-likeness (QED) is 0.629. The smallest absolute Gasteiger partial charge is 0.316 e. The zero-order valence-electron chi connectivity index (χ0n) is 13.1. The predicted octanol–water partition coefficient (Wildman–Crippen LogP) is 3.48. The van der Waals surface area contributed by atoms with Gasteiger partial charge in [0.2, 0.25) is 0 Å². The van der Waals surface area contributed by atoms with E-state index >= 15 is 0 Å². The van der Waals surface area contributed by atoms with Crippen LogP contribution in [0.3, 0.4) is 0 Å². The van der Waals surface area contributed by atoms with Crippen molar-refractivity contribution in [3.8, 4) is 0 Å². The first kappa shape index (κ1) is 15.7. The van der Waals surface area contributed by atoms with E-state index in [-0.39, 0.29) is 17.2 Å². The van der Waals surface area contributed by atoms with Crippen LogP contribution >= 0.6 is 0 Å². The highest BCUT2D eigenvalue weighted by molar-refractivity contribution is 5.99. The van der Waals surface area contributed by atoms with E-state index in [1.165, 1.54) is 18.2 Å². The van der Waals surface area contributed by atoms with Crippen molar-refractivity contribution in [3.63, 3.8) is 0 Å². The maximum absolute atomic E-state index is 11.9. The lowest BCUT2D eigenvalue weighted by Crippen LogP contribution is -2.37. The van der Waals surface area contributed by atoms with E-state index in [1.807, 2.05) is 0 Å². The Morgan fingerprint density at radius 1 is 1.33 bits per heavy atom. The molecule has 0 amide bonds. The van der Waals surface area contributed by atoms with Gasteiger partial charge in [0.05, 0.1) is 7.11 Å². The minimum Gasteiger partial charge on any atom is -0.468 e. The Labute approximate surface area is 126 Å². The van der Waals surface area contributed by atoms with Crippen molar-refractivity contribution in [2.24, 2.45) is 11.3 Å². The molecular weight excluding hydrogens is 264 g/mol. The molecule has 0 aromatic heterocycles. The Kier molecular flexibility index (Phi) is 4.81. The van der Waals surface area contributed by atoms with Gasteiger partial charge in [-0.25, -0.2) is 0 Å². The predicted molar refractivity (Wildman–Crippen MR) is 82.0 cm³/mol. The highest BCUT2D eigenvalue weighted by Crippen LogP contribution is 2.41.